The van der Waals surface area contributed by atoms with Crippen LogP contribution in [0.2, 0.25) is 0 Å². The van der Waals surface area contributed by atoms with Gasteiger partial charge in [0.15, 0.2) is 5.82 Å². The van der Waals surface area contributed by atoms with E-state index in [0.29, 0.717) is 17.2 Å². The van der Waals surface area contributed by atoms with Crippen LogP contribution >= 0.6 is 23.6 Å². The van der Waals surface area contributed by atoms with Crippen molar-refractivity contribution in [2.45, 2.75) is 6.61 Å². The lowest BCUT2D eigenvalue weighted by molar-refractivity contribution is 0.305. The maximum absolute atomic E-state index is 5.64. The number of hydrogen-bond donors (Lipinski definition) is 2. The number of ether oxygens (including phenoxy) is 1. The molecule has 96 valence electrons. The second kappa shape index (κ2) is 5.33. The van der Waals surface area contributed by atoms with Crippen LogP contribution in [-0.2, 0) is 6.61 Å². The van der Waals surface area contributed by atoms with E-state index in [1.165, 1.54) is 11.3 Å². The second-order valence-corrected chi connectivity index (χ2v) is 5.24. The van der Waals surface area contributed by atoms with Crippen LogP contribution in [0, 0.1) is 4.77 Å². The van der Waals surface area contributed by atoms with Crippen molar-refractivity contribution in [2.24, 2.45) is 0 Å². The number of nitrogens with one attached hydrogen (secondary N) is 2. The van der Waals surface area contributed by atoms with Gasteiger partial charge in [-0.25, -0.2) is 4.98 Å². The van der Waals surface area contributed by atoms with Crippen LogP contribution in [0.5, 0.6) is 5.75 Å². The van der Waals surface area contributed by atoms with Crippen LogP contribution in [0.1, 0.15) is 5.01 Å². The molecule has 0 amide bonds. The molecule has 0 bridgehead atoms. The highest BCUT2D eigenvalue weighted by molar-refractivity contribution is 7.71. The predicted molar refractivity (Wildman–Crippen MR) is 75.7 cm³/mol. The van der Waals surface area contributed by atoms with Gasteiger partial charge in [-0.1, -0.05) is 18.2 Å². The van der Waals surface area contributed by atoms with E-state index in [4.69, 9.17) is 17.0 Å². The molecule has 0 saturated carbocycles. The summed E-state index contributed by atoms with van der Waals surface area (Å²) in [5.74, 6) is 1.53. The molecule has 2 heterocycles. The summed E-state index contributed by atoms with van der Waals surface area (Å²) in [5.41, 5.74) is 0. The molecule has 0 fully saturated rings. The molecule has 3 aromatic rings. The summed E-state index contributed by atoms with van der Waals surface area (Å²) in [6, 6.07) is 9.66. The maximum atomic E-state index is 5.64. The van der Waals surface area contributed by atoms with E-state index < -0.39 is 0 Å². The Morgan fingerprint density at radius 1 is 1.21 bits per heavy atom. The van der Waals surface area contributed by atoms with E-state index in [-0.39, 0.29) is 0 Å². The van der Waals surface area contributed by atoms with Gasteiger partial charge in [0.1, 0.15) is 17.4 Å². The molecule has 0 spiro atoms. The molecule has 0 aliphatic heterocycles. The third kappa shape index (κ3) is 2.88. The Bertz CT molecular complexity index is 716. The fourth-order valence-corrected chi connectivity index (χ4v) is 2.45. The van der Waals surface area contributed by atoms with Crippen molar-refractivity contribution >= 4 is 23.6 Å². The van der Waals surface area contributed by atoms with E-state index in [1.54, 1.807) is 6.20 Å². The quantitative estimate of drug-likeness (QED) is 0.724. The zero-order chi connectivity index (χ0) is 13.1. The SMILES string of the molecule is S=c1nc(-c2cnc(COc3ccccc3)s2)[nH][nH]1. The average Bonchev–Trinajstić information content (AvgIpc) is 3.06. The van der Waals surface area contributed by atoms with Crippen molar-refractivity contribution in [1.82, 2.24) is 20.2 Å². The van der Waals surface area contributed by atoms with E-state index >= 15 is 0 Å². The minimum Gasteiger partial charge on any atom is -0.486 e. The number of benzene rings is 1. The standard InChI is InChI=1S/C12H10N4OS2/c18-12-14-11(15-16-12)9-6-13-10(19-9)7-17-8-4-2-1-3-5-8/h1-6H,7H2,(H2,14,15,16,18). The van der Waals surface area contributed by atoms with Gasteiger partial charge in [0.25, 0.3) is 0 Å². The van der Waals surface area contributed by atoms with Crippen molar-refractivity contribution in [2.75, 3.05) is 0 Å². The van der Waals surface area contributed by atoms with Crippen molar-refractivity contribution < 1.29 is 4.74 Å². The van der Waals surface area contributed by atoms with E-state index in [0.717, 1.165) is 15.6 Å². The lowest BCUT2D eigenvalue weighted by atomic mass is 10.3. The van der Waals surface area contributed by atoms with Crippen LogP contribution in [0.25, 0.3) is 10.7 Å². The van der Waals surface area contributed by atoms with Crippen LogP contribution in [0.3, 0.4) is 0 Å². The maximum Gasteiger partial charge on any atom is 0.213 e. The highest BCUT2D eigenvalue weighted by Gasteiger charge is 2.07. The number of aromatic nitrogens is 4. The van der Waals surface area contributed by atoms with Gasteiger partial charge in [-0.2, -0.15) is 4.98 Å². The summed E-state index contributed by atoms with van der Waals surface area (Å²) in [6.45, 7) is 0.444. The third-order valence-electron chi connectivity index (χ3n) is 2.39. The summed E-state index contributed by atoms with van der Waals surface area (Å²) < 4.78 is 6.07. The molecule has 3 rings (SSSR count). The van der Waals surface area contributed by atoms with Crippen molar-refractivity contribution in [3.63, 3.8) is 0 Å². The molecule has 0 aliphatic rings. The van der Waals surface area contributed by atoms with Gasteiger partial charge in [-0.05, 0) is 24.4 Å². The summed E-state index contributed by atoms with van der Waals surface area (Å²) in [6.07, 6.45) is 1.76. The fourth-order valence-electron chi connectivity index (χ4n) is 1.54. The third-order valence-corrected chi connectivity index (χ3v) is 3.56. The number of nitrogens with zero attached hydrogens (tertiary/aromatic N) is 2. The minimum absolute atomic E-state index is 0.436. The van der Waals surface area contributed by atoms with Gasteiger partial charge in [0.2, 0.25) is 4.77 Å². The molecule has 5 nitrogen and oxygen atoms in total. The van der Waals surface area contributed by atoms with E-state index in [2.05, 4.69) is 20.2 Å². The molecular weight excluding hydrogens is 280 g/mol. The van der Waals surface area contributed by atoms with Gasteiger partial charge in [0.05, 0.1) is 4.88 Å². The molecule has 0 radical (unpaired) electrons. The zero-order valence-electron chi connectivity index (χ0n) is 9.79. The van der Waals surface area contributed by atoms with Gasteiger partial charge < -0.3 is 4.74 Å². The molecular formula is C12H10N4OS2. The number of thiazole rings is 1. The first-order valence-corrected chi connectivity index (χ1v) is 6.81. The van der Waals surface area contributed by atoms with Crippen molar-refractivity contribution in [3.05, 3.63) is 46.3 Å². The van der Waals surface area contributed by atoms with Gasteiger partial charge in [-0.15, -0.1) is 11.3 Å². The highest BCUT2D eigenvalue weighted by atomic mass is 32.1. The summed E-state index contributed by atoms with van der Waals surface area (Å²) in [7, 11) is 0. The first-order valence-electron chi connectivity index (χ1n) is 5.59. The van der Waals surface area contributed by atoms with Gasteiger partial charge in [0, 0.05) is 6.20 Å². The minimum atomic E-state index is 0.436. The number of rotatable bonds is 4. The molecule has 2 aromatic heterocycles. The molecule has 0 atom stereocenters. The lowest BCUT2D eigenvalue weighted by Gasteiger charge is -2.02. The first kappa shape index (κ1) is 12.1. The fraction of sp³-hybridized carbons (Fsp3) is 0.0833. The van der Waals surface area contributed by atoms with Crippen LogP contribution in [-0.4, -0.2) is 20.2 Å². The van der Waals surface area contributed by atoms with Gasteiger partial charge in [-0.3, -0.25) is 10.2 Å². The average molecular weight is 290 g/mol. The predicted octanol–water partition coefficient (Wildman–Crippen LogP) is 3.17. The van der Waals surface area contributed by atoms with E-state index in [9.17, 15) is 0 Å². The largest absolute Gasteiger partial charge is 0.486 e. The normalized spacial score (nSPS) is 10.5. The lowest BCUT2D eigenvalue weighted by Crippen LogP contribution is -1.93. The summed E-state index contributed by atoms with van der Waals surface area (Å²) in [5, 5.41) is 6.55. The number of aromatic amines is 2. The van der Waals surface area contributed by atoms with E-state index in [1.807, 2.05) is 30.3 Å². The smallest absolute Gasteiger partial charge is 0.213 e. The number of H-pyrrole nitrogens is 2. The highest BCUT2D eigenvalue weighted by Crippen LogP contribution is 2.23. The Morgan fingerprint density at radius 2 is 2.05 bits per heavy atom. The van der Waals surface area contributed by atoms with Crippen LogP contribution in [0.15, 0.2) is 36.5 Å². The summed E-state index contributed by atoms with van der Waals surface area (Å²) in [4.78, 5) is 9.38. The number of para-hydroxylation sites is 1. The molecule has 0 unspecified atom stereocenters. The zero-order valence-corrected chi connectivity index (χ0v) is 11.4. The Kier molecular flexibility index (Phi) is 3.39. The first-order chi connectivity index (χ1) is 9.31. The van der Waals surface area contributed by atoms with Crippen LogP contribution < -0.4 is 4.74 Å². The Hall–Kier alpha value is -1.99. The molecule has 2 N–H and O–H groups in total. The Morgan fingerprint density at radius 3 is 2.79 bits per heavy atom. The molecule has 1 aromatic carbocycles. The van der Waals surface area contributed by atoms with Crippen molar-refractivity contribution in [3.8, 4) is 16.5 Å². The number of hydrogen-bond acceptors (Lipinski definition) is 5. The second-order valence-electron chi connectivity index (χ2n) is 3.74. The molecule has 7 heteroatoms. The topological polar surface area (TPSA) is 66.6 Å². The molecule has 0 saturated heterocycles. The molecule has 19 heavy (non-hydrogen) atoms. The van der Waals surface area contributed by atoms with Crippen molar-refractivity contribution in [1.29, 1.82) is 0 Å². The summed E-state index contributed by atoms with van der Waals surface area (Å²) >= 11 is 6.44. The Labute approximate surface area is 118 Å². The molecule has 0 aliphatic carbocycles. The Balaban J connectivity index is 1.70. The van der Waals surface area contributed by atoms with Crippen LogP contribution in [0.4, 0.5) is 0 Å². The van der Waals surface area contributed by atoms with Gasteiger partial charge >= 0.3 is 0 Å². The monoisotopic (exact) mass is 290 g/mol.